The van der Waals surface area contributed by atoms with Crippen LogP contribution < -0.4 is 5.32 Å². The molecule has 1 aliphatic heterocycles. The molecule has 1 saturated heterocycles. The lowest BCUT2D eigenvalue weighted by molar-refractivity contribution is -0.156. The lowest BCUT2D eigenvalue weighted by atomic mass is 10.1. The normalized spacial score (nSPS) is 16.3. The van der Waals surface area contributed by atoms with E-state index in [9.17, 15) is 9.59 Å². The van der Waals surface area contributed by atoms with Gasteiger partial charge in [-0.15, -0.1) is 0 Å². The molecule has 1 aliphatic rings. The van der Waals surface area contributed by atoms with Gasteiger partial charge in [0.15, 0.2) is 0 Å². The Hall–Kier alpha value is -1.92. The van der Waals surface area contributed by atoms with Gasteiger partial charge < -0.3 is 10.1 Å². The number of hydrogen-bond donors (Lipinski definition) is 1. The molecule has 1 heterocycles. The Bertz CT molecular complexity index is 617. The van der Waals surface area contributed by atoms with Crippen LogP contribution in [-0.2, 0) is 20.7 Å². The standard InChI is InChI=1S/C20H31N3O3/c1-5-16-8-6-7-9-17(16)21-18(24)14-22-10-12-23(13-11-22)15-19(25)26-20(2,3)4/h6-9H,5,10-15H2,1-4H3,(H,21,24). The van der Waals surface area contributed by atoms with Gasteiger partial charge in [-0.3, -0.25) is 19.4 Å². The number of benzene rings is 1. The number of nitrogens with zero attached hydrogens (tertiary/aromatic N) is 2. The number of hydrogen-bond acceptors (Lipinski definition) is 5. The topological polar surface area (TPSA) is 61.9 Å². The number of carbonyl (C=O) groups excluding carboxylic acids is 2. The van der Waals surface area contributed by atoms with Crippen molar-refractivity contribution in [2.75, 3.05) is 44.6 Å². The molecule has 0 atom stereocenters. The summed E-state index contributed by atoms with van der Waals surface area (Å²) in [6.45, 7) is 11.4. The molecule has 0 unspecified atom stereocenters. The summed E-state index contributed by atoms with van der Waals surface area (Å²) in [5.74, 6) is -0.189. The van der Waals surface area contributed by atoms with E-state index < -0.39 is 5.60 Å². The second kappa shape index (κ2) is 9.14. The fourth-order valence-electron chi connectivity index (χ4n) is 3.01. The highest BCUT2D eigenvalue weighted by atomic mass is 16.6. The minimum absolute atomic E-state index is 0.00601. The van der Waals surface area contributed by atoms with Crippen molar-refractivity contribution in [3.05, 3.63) is 29.8 Å². The molecule has 1 amide bonds. The number of rotatable bonds is 6. The second-order valence-electron chi connectivity index (χ2n) is 7.70. The van der Waals surface area contributed by atoms with Crippen molar-refractivity contribution in [3.63, 3.8) is 0 Å². The van der Waals surface area contributed by atoms with Gasteiger partial charge >= 0.3 is 5.97 Å². The molecule has 0 aromatic heterocycles. The van der Waals surface area contributed by atoms with Gasteiger partial charge in [-0.25, -0.2) is 0 Å². The van der Waals surface area contributed by atoms with E-state index in [4.69, 9.17) is 4.74 Å². The molecule has 144 valence electrons. The van der Waals surface area contributed by atoms with E-state index in [1.807, 2.05) is 45.0 Å². The highest BCUT2D eigenvalue weighted by Crippen LogP contribution is 2.15. The van der Waals surface area contributed by atoms with Crippen molar-refractivity contribution in [3.8, 4) is 0 Å². The van der Waals surface area contributed by atoms with Crippen molar-refractivity contribution < 1.29 is 14.3 Å². The van der Waals surface area contributed by atoms with E-state index >= 15 is 0 Å². The van der Waals surface area contributed by atoms with Crippen LogP contribution in [0.1, 0.15) is 33.3 Å². The highest BCUT2D eigenvalue weighted by molar-refractivity contribution is 5.93. The maximum absolute atomic E-state index is 12.3. The van der Waals surface area contributed by atoms with Gasteiger partial charge in [-0.2, -0.15) is 0 Å². The maximum Gasteiger partial charge on any atom is 0.320 e. The Morgan fingerprint density at radius 2 is 1.62 bits per heavy atom. The number of nitrogens with one attached hydrogen (secondary N) is 1. The minimum Gasteiger partial charge on any atom is -0.459 e. The van der Waals surface area contributed by atoms with Gasteiger partial charge in [0.05, 0.1) is 13.1 Å². The number of carbonyl (C=O) groups is 2. The van der Waals surface area contributed by atoms with Crippen molar-refractivity contribution >= 4 is 17.6 Å². The van der Waals surface area contributed by atoms with Gasteiger partial charge in [0.2, 0.25) is 5.91 Å². The van der Waals surface area contributed by atoms with Gasteiger partial charge in [0.1, 0.15) is 5.60 Å². The summed E-state index contributed by atoms with van der Waals surface area (Å²) >= 11 is 0. The largest absolute Gasteiger partial charge is 0.459 e. The molecule has 1 N–H and O–H groups in total. The minimum atomic E-state index is -0.453. The van der Waals surface area contributed by atoms with Gasteiger partial charge in [-0.1, -0.05) is 25.1 Å². The third kappa shape index (κ3) is 6.77. The number of amides is 1. The fraction of sp³-hybridized carbons (Fsp3) is 0.600. The zero-order valence-corrected chi connectivity index (χ0v) is 16.4. The number of anilines is 1. The first kappa shape index (κ1) is 20.4. The summed E-state index contributed by atoms with van der Waals surface area (Å²) < 4.78 is 5.36. The Morgan fingerprint density at radius 3 is 2.19 bits per heavy atom. The molecule has 0 bridgehead atoms. The van der Waals surface area contributed by atoms with Crippen LogP contribution in [0.5, 0.6) is 0 Å². The Balaban J connectivity index is 1.74. The van der Waals surface area contributed by atoms with Crippen LogP contribution in [0.4, 0.5) is 5.69 Å². The number of aryl methyl sites for hydroxylation is 1. The lowest BCUT2D eigenvalue weighted by Gasteiger charge is -2.34. The van der Waals surface area contributed by atoms with E-state index in [2.05, 4.69) is 22.0 Å². The Labute approximate surface area is 156 Å². The Kier molecular flexibility index (Phi) is 7.17. The summed E-state index contributed by atoms with van der Waals surface area (Å²) in [7, 11) is 0. The molecule has 0 spiro atoms. The fourth-order valence-corrected chi connectivity index (χ4v) is 3.01. The predicted octanol–water partition coefficient (Wildman–Crippen LogP) is 2.15. The SMILES string of the molecule is CCc1ccccc1NC(=O)CN1CCN(CC(=O)OC(C)(C)C)CC1. The van der Waals surface area contributed by atoms with Crippen LogP contribution in [0, 0.1) is 0 Å². The van der Waals surface area contributed by atoms with E-state index in [0.29, 0.717) is 13.1 Å². The predicted molar refractivity (Wildman–Crippen MR) is 103 cm³/mol. The third-order valence-electron chi connectivity index (χ3n) is 4.28. The summed E-state index contributed by atoms with van der Waals surface area (Å²) in [6.07, 6.45) is 0.889. The number of ether oxygens (including phenoxy) is 1. The van der Waals surface area contributed by atoms with Crippen LogP contribution in [0.15, 0.2) is 24.3 Å². The smallest absolute Gasteiger partial charge is 0.320 e. The van der Waals surface area contributed by atoms with Gasteiger partial charge in [0.25, 0.3) is 0 Å². The molecule has 1 aromatic rings. The number of esters is 1. The third-order valence-corrected chi connectivity index (χ3v) is 4.28. The average Bonchev–Trinajstić information content (AvgIpc) is 2.55. The first-order valence-corrected chi connectivity index (χ1v) is 9.31. The second-order valence-corrected chi connectivity index (χ2v) is 7.70. The van der Waals surface area contributed by atoms with Crippen LogP contribution >= 0.6 is 0 Å². The molecule has 1 aromatic carbocycles. The molecule has 1 fully saturated rings. The molecule has 6 heteroatoms. The quantitative estimate of drug-likeness (QED) is 0.787. The maximum atomic E-state index is 12.3. The van der Waals surface area contributed by atoms with Crippen molar-refractivity contribution in [2.24, 2.45) is 0 Å². The van der Waals surface area contributed by atoms with Gasteiger partial charge in [0, 0.05) is 31.9 Å². The van der Waals surface area contributed by atoms with E-state index in [0.717, 1.165) is 43.9 Å². The van der Waals surface area contributed by atoms with Gasteiger partial charge in [-0.05, 0) is 38.8 Å². The average molecular weight is 361 g/mol. The Morgan fingerprint density at radius 1 is 1.04 bits per heavy atom. The molecule has 26 heavy (non-hydrogen) atoms. The van der Waals surface area contributed by atoms with Crippen molar-refractivity contribution in [1.82, 2.24) is 9.80 Å². The summed E-state index contributed by atoms with van der Waals surface area (Å²) in [5, 5.41) is 3.01. The zero-order chi connectivity index (χ0) is 19.2. The monoisotopic (exact) mass is 361 g/mol. The van der Waals surface area contributed by atoms with Crippen LogP contribution in [0.3, 0.4) is 0 Å². The van der Waals surface area contributed by atoms with Crippen molar-refractivity contribution in [1.29, 1.82) is 0 Å². The molecule has 0 saturated carbocycles. The summed E-state index contributed by atoms with van der Waals surface area (Å²) in [5.41, 5.74) is 1.58. The van der Waals surface area contributed by atoms with E-state index in [1.165, 1.54) is 0 Å². The van der Waals surface area contributed by atoms with Crippen LogP contribution in [-0.4, -0.2) is 66.5 Å². The molecular formula is C20H31N3O3. The lowest BCUT2D eigenvalue weighted by Crippen LogP contribution is -2.50. The molecular weight excluding hydrogens is 330 g/mol. The van der Waals surface area contributed by atoms with Crippen LogP contribution in [0.2, 0.25) is 0 Å². The van der Waals surface area contributed by atoms with E-state index in [1.54, 1.807) is 0 Å². The molecule has 0 radical (unpaired) electrons. The molecule has 0 aliphatic carbocycles. The summed E-state index contributed by atoms with van der Waals surface area (Å²) in [4.78, 5) is 28.4. The summed E-state index contributed by atoms with van der Waals surface area (Å²) in [6, 6.07) is 7.89. The number of para-hydroxylation sites is 1. The van der Waals surface area contributed by atoms with E-state index in [-0.39, 0.29) is 11.9 Å². The number of piperazine rings is 1. The first-order valence-electron chi connectivity index (χ1n) is 9.31. The zero-order valence-electron chi connectivity index (χ0n) is 16.4. The molecule has 2 rings (SSSR count). The van der Waals surface area contributed by atoms with Crippen LogP contribution in [0.25, 0.3) is 0 Å². The van der Waals surface area contributed by atoms with Crippen molar-refractivity contribution in [2.45, 2.75) is 39.7 Å². The first-order chi connectivity index (χ1) is 12.3. The molecule has 6 nitrogen and oxygen atoms in total. The highest BCUT2D eigenvalue weighted by Gasteiger charge is 2.23.